The van der Waals surface area contributed by atoms with Crippen LogP contribution in [-0.2, 0) is 19.2 Å². The smallest absolute Gasteiger partial charge is 0.326 e. The molecule has 13 nitrogen and oxygen atoms in total. The number of aliphatic hydroxyl groups excluding tert-OH is 1. The zero-order valence-electron chi connectivity index (χ0n) is 18.1. The lowest BCUT2D eigenvalue weighted by Gasteiger charge is -2.23. The fraction of sp³-hybridized carbons (Fsp3) is 0.722. The second-order valence-electron chi connectivity index (χ2n) is 7.56. The Kier molecular flexibility index (Phi) is 12.8. The summed E-state index contributed by atoms with van der Waals surface area (Å²) in [6, 6.07) is -4.49. The van der Waals surface area contributed by atoms with Crippen LogP contribution in [0.1, 0.15) is 40.0 Å². The van der Waals surface area contributed by atoms with E-state index in [2.05, 4.69) is 20.9 Å². The highest BCUT2D eigenvalue weighted by Gasteiger charge is 2.28. The number of hydrogen-bond donors (Lipinski definition) is 8. The van der Waals surface area contributed by atoms with Gasteiger partial charge in [-0.3, -0.25) is 19.4 Å². The summed E-state index contributed by atoms with van der Waals surface area (Å²) in [5.74, 6) is -3.46. The van der Waals surface area contributed by atoms with Gasteiger partial charge in [-0.15, -0.1) is 0 Å². The molecule has 4 unspecified atom stereocenters. The van der Waals surface area contributed by atoms with Crippen LogP contribution in [0.4, 0.5) is 0 Å². The molecule has 0 aliphatic carbocycles. The second kappa shape index (κ2) is 14.1. The van der Waals surface area contributed by atoms with Gasteiger partial charge in [-0.05, 0) is 32.1 Å². The Labute approximate surface area is 181 Å². The van der Waals surface area contributed by atoms with Crippen LogP contribution >= 0.6 is 0 Å². The van der Waals surface area contributed by atoms with Gasteiger partial charge < -0.3 is 43.4 Å². The number of carboxylic acid groups (broad SMARTS) is 1. The minimum atomic E-state index is -1.38. The van der Waals surface area contributed by atoms with Gasteiger partial charge in [0.25, 0.3) is 0 Å². The number of carbonyl (C=O) groups is 4. The Balaban J connectivity index is 4.72. The Bertz CT molecular complexity index is 651. The Morgan fingerprint density at radius 1 is 0.935 bits per heavy atom. The second-order valence-corrected chi connectivity index (χ2v) is 7.56. The summed E-state index contributed by atoms with van der Waals surface area (Å²) in [7, 11) is 0. The summed E-state index contributed by atoms with van der Waals surface area (Å²) in [5.41, 5.74) is 16.2. The minimum absolute atomic E-state index is 0.00229. The minimum Gasteiger partial charge on any atom is -0.480 e. The molecule has 0 rings (SSSR count). The summed E-state index contributed by atoms with van der Waals surface area (Å²) in [6.45, 7) is 4.52. The first-order chi connectivity index (χ1) is 14.4. The maximum Gasteiger partial charge on any atom is 0.326 e. The van der Waals surface area contributed by atoms with Gasteiger partial charge in [0.15, 0.2) is 5.96 Å². The standard InChI is InChI=1S/C18H35N7O6/c1-9(2)7-12(17(30)31)24-16(29)13(8-26)25-14(27)10(3)23-15(28)11(19)5-4-6-22-18(20)21/h9-13,26H,4-8,19H2,1-3H3,(H,23,28)(H,24,29)(H,25,27)(H,30,31)(H4,20,21,22). The fourth-order valence-electron chi connectivity index (χ4n) is 2.49. The molecule has 0 aliphatic rings. The number of hydrogen-bond acceptors (Lipinski definition) is 7. The first-order valence-corrected chi connectivity index (χ1v) is 9.94. The monoisotopic (exact) mass is 445 g/mol. The van der Waals surface area contributed by atoms with Gasteiger partial charge in [0.1, 0.15) is 18.1 Å². The van der Waals surface area contributed by atoms with Crippen LogP contribution in [0.3, 0.4) is 0 Å². The fourth-order valence-corrected chi connectivity index (χ4v) is 2.49. The molecule has 0 fully saturated rings. The molecule has 13 heteroatoms. The average molecular weight is 446 g/mol. The highest BCUT2D eigenvalue weighted by molar-refractivity contribution is 5.93. The van der Waals surface area contributed by atoms with Gasteiger partial charge in [-0.1, -0.05) is 13.8 Å². The molecule has 0 aromatic heterocycles. The van der Waals surface area contributed by atoms with E-state index in [0.29, 0.717) is 13.0 Å². The predicted molar refractivity (Wildman–Crippen MR) is 114 cm³/mol. The van der Waals surface area contributed by atoms with Crippen molar-refractivity contribution in [3.05, 3.63) is 0 Å². The summed E-state index contributed by atoms with van der Waals surface area (Å²) in [5, 5.41) is 25.6. The van der Waals surface area contributed by atoms with Gasteiger partial charge in [-0.25, -0.2) is 4.79 Å². The topological polar surface area (TPSA) is 235 Å². The molecule has 0 bridgehead atoms. The number of carboxylic acids is 1. The van der Waals surface area contributed by atoms with Crippen molar-refractivity contribution < 1.29 is 29.4 Å². The van der Waals surface area contributed by atoms with Crippen molar-refractivity contribution in [1.82, 2.24) is 16.0 Å². The van der Waals surface area contributed by atoms with Crippen molar-refractivity contribution in [2.24, 2.45) is 28.1 Å². The molecule has 31 heavy (non-hydrogen) atoms. The lowest BCUT2D eigenvalue weighted by molar-refractivity contribution is -0.143. The largest absolute Gasteiger partial charge is 0.480 e. The third kappa shape index (κ3) is 11.7. The van der Waals surface area contributed by atoms with Crippen molar-refractivity contribution >= 4 is 29.7 Å². The van der Waals surface area contributed by atoms with Crippen LogP contribution in [0.25, 0.3) is 0 Å². The molecule has 0 saturated heterocycles. The zero-order chi connectivity index (χ0) is 24.1. The van der Waals surface area contributed by atoms with Gasteiger partial charge in [0.05, 0.1) is 12.6 Å². The molecule has 0 aromatic rings. The van der Waals surface area contributed by atoms with Crippen LogP contribution in [0.15, 0.2) is 4.99 Å². The van der Waals surface area contributed by atoms with E-state index in [1.807, 2.05) is 0 Å². The van der Waals surface area contributed by atoms with E-state index in [9.17, 15) is 29.4 Å². The van der Waals surface area contributed by atoms with E-state index in [-0.39, 0.29) is 24.7 Å². The molecule has 0 aliphatic heterocycles. The van der Waals surface area contributed by atoms with E-state index < -0.39 is 54.5 Å². The molecule has 0 aromatic carbocycles. The molecule has 3 amide bonds. The predicted octanol–water partition coefficient (Wildman–Crippen LogP) is -3.04. The average Bonchev–Trinajstić information content (AvgIpc) is 2.67. The van der Waals surface area contributed by atoms with Crippen LogP contribution in [-0.4, -0.2) is 77.2 Å². The van der Waals surface area contributed by atoms with E-state index in [0.717, 1.165) is 0 Å². The zero-order valence-corrected chi connectivity index (χ0v) is 18.1. The van der Waals surface area contributed by atoms with Crippen molar-refractivity contribution in [2.45, 2.75) is 64.2 Å². The first-order valence-electron chi connectivity index (χ1n) is 9.94. The molecule has 11 N–H and O–H groups in total. The number of nitrogens with two attached hydrogens (primary N) is 3. The van der Waals surface area contributed by atoms with Crippen molar-refractivity contribution in [1.29, 1.82) is 0 Å². The third-order valence-corrected chi connectivity index (χ3v) is 4.19. The van der Waals surface area contributed by atoms with Crippen molar-refractivity contribution in [3.63, 3.8) is 0 Å². The highest BCUT2D eigenvalue weighted by Crippen LogP contribution is 2.05. The summed E-state index contributed by atoms with van der Waals surface area (Å²) in [4.78, 5) is 51.7. The van der Waals surface area contributed by atoms with Gasteiger partial charge in [-0.2, -0.15) is 0 Å². The molecule has 0 heterocycles. The molecular formula is C18H35N7O6. The van der Waals surface area contributed by atoms with Crippen molar-refractivity contribution in [2.75, 3.05) is 13.2 Å². The highest BCUT2D eigenvalue weighted by atomic mass is 16.4. The molecule has 4 atom stereocenters. The number of aliphatic carboxylic acids is 1. The number of amides is 3. The number of carbonyl (C=O) groups excluding carboxylic acids is 3. The van der Waals surface area contributed by atoms with Gasteiger partial charge >= 0.3 is 5.97 Å². The normalized spacial score (nSPS) is 14.6. The number of aliphatic hydroxyl groups is 1. The summed E-state index contributed by atoms with van der Waals surface area (Å²) >= 11 is 0. The molecule has 0 spiro atoms. The van der Waals surface area contributed by atoms with Crippen LogP contribution < -0.4 is 33.2 Å². The number of nitrogens with one attached hydrogen (secondary N) is 3. The number of rotatable bonds is 14. The number of guanidine groups is 1. The summed E-state index contributed by atoms with van der Waals surface area (Å²) < 4.78 is 0. The maximum atomic E-state index is 12.3. The van der Waals surface area contributed by atoms with Crippen LogP contribution in [0.2, 0.25) is 0 Å². The first kappa shape index (κ1) is 28.1. The lowest BCUT2D eigenvalue weighted by Crippen LogP contribution is -2.57. The van der Waals surface area contributed by atoms with E-state index in [1.54, 1.807) is 13.8 Å². The van der Waals surface area contributed by atoms with E-state index >= 15 is 0 Å². The molecule has 178 valence electrons. The van der Waals surface area contributed by atoms with Crippen molar-refractivity contribution in [3.8, 4) is 0 Å². The van der Waals surface area contributed by atoms with E-state index in [1.165, 1.54) is 6.92 Å². The van der Waals surface area contributed by atoms with Crippen LogP contribution in [0.5, 0.6) is 0 Å². The van der Waals surface area contributed by atoms with E-state index in [4.69, 9.17) is 17.2 Å². The number of aliphatic imine (C=N–C) groups is 1. The third-order valence-electron chi connectivity index (χ3n) is 4.19. The van der Waals surface area contributed by atoms with Crippen LogP contribution in [0, 0.1) is 5.92 Å². The Hall–Kier alpha value is -2.93. The Morgan fingerprint density at radius 2 is 1.52 bits per heavy atom. The van der Waals surface area contributed by atoms with Gasteiger partial charge in [0.2, 0.25) is 17.7 Å². The number of nitrogens with zero attached hydrogens (tertiary/aromatic N) is 1. The quantitative estimate of drug-likeness (QED) is 0.0769. The SMILES string of the molecule is CC(C)CC(NC(=O)C(CO)NC(=O)C(C)NC(=O)C(N)CCCN=C(N)N)C(=O)O. The molecule has 0 radical (unpaired) electrons. The lowest BCUT2D eigenvalue weighted by atomic mass is 10.0. The summed E-state index contributed by atoms with van der Waals surface area (Å²) in [6.07, 6.45) is 0.923. The Morgan fingerprint density at radius 3 is 2.00 bits per heavy atom. The van der Waals surface area contributed by atoms with Gasteiger partial charge in [0, 0.05) is 6.54 Å². The molecular weight excluding hydrogens is 410 g/mol. The maximum absolute atomic E-state index is 12.3. The molecule has 0 saturated carbocycles.